The summed E-state index contributed by atoms with van der Waals surface area (Å²) in [6, 6.07) is 0. The number of ketones is 1. The molecule has 1 atom stereocenters. The van der Waals surface area contributed by atoms with Crippen molar-refractivity contribution in [2.45, 2.75) is 83.2 Å². The Balaban J connectivity index is 3.11. The molecule has 0 aliphatic heterocycles. The SMILES string of the molecule is NCC(O)C(=O)CCCCCCCCCCCCCO. The van der Waals surface area contributed by atoms with E-state index < -0.39 is 6.10 Å². The van der Waals surface area contributed by atoms with E-state index in [0.717, 1.165) is 25.7 Å². The van der Waals surface area contributed by atoms with Crippen molar-refractivity contribution < 1.29 is 15.0 Å². The largest absolute Gasteiger partial charge is 0.396 e. The molecule has 0 amide bonds. The Morgan fingerprint density at radius 3 is 1.60 bits per heavy atom. The molecule has 0 spiro atoms. The summed E-state index contributed by atoms with van der Waals surface area (Å²) < 4.78 is 0. The fourth-order valence-corrected chi connectivity index (χ4v) is 2.30. The van der Waals surface area contributed by atoms with Gasteiger partial charge in [0.25, 0.3) is 0 Å². The third kappa shape index (κ3) is 12.6. The third-order valence-corrected chi connectivity index (χ3v) is 3.68. The number of carbonyl (C=O) groups excluding carboxylic acids is 1. The molecular formula is C16H33NO3. The Hall–Kier alpha value is -0.450. The van der Waals surface area contributed by atoms with Crippen LogP contribution in [0.3, 0.4) is 0 Å². The van der Waals surface area contributed by atoms with Gasteiger partial charge < -0.3 is 15.9 Å². The quantitative estimate of drug-likeness (QED) is 0.404. The monoisotopic (exact) mass is 287 g/mol. The second kappa shape index (κ2) is 14.9. The van der Waals surface area contributed by atoms with Crippen LogP contribution in [0, 0.1) is 0 Å². The smallest absolute Gasteiger partial charge is 0.162 e. The van der Waals surface area contributed by atoms with Gasteiger partial charge >= 0.3 is 0 Å². The average molecular weight is 287 g/mol. The predicted molar refractivity (Wildman–Crippen MR) is 82.6 cm³/mol. The Bertz CT molecular complexity index is 222. The Kier molecular flexibility index (Phi) is 14.6. The molecule has 0 heterocycles. The molecule has 0 rings (SSSR count). The highest BCUT2D eigenvalue weighted by molar-refractivity contribution is 5.82. The highest BCUT2D eigenvalue weighted by Gasteiger charge is 2.11. The summed E-state index contributed by atoms with van der Waals surface area (Å²) in [5, 5.41) is 17.9. The van der Waals surface area contributed by atoms with Crippen LogP contribution in [-0.2, 0) is 4.79 Å². The summed E-state index contributed by atoms with van der Waals surface area (Å²) in [5.41, 5.74) is 5.23. The first-order valence-corrected chi connectivity index (χ1v) is 8.24. The standard InChI is InChI=1S/C16H33NO3/c17-14-16(20)15(19)12-10-8-6-4-2-1-3-5-7-9-11-13-18/h16,18,20H,1-14,17H2. The van der Waals surface area contributed by atoms with E-state index in [9.17, 15) is 9.90 Å². The molecule has 0 radical (unpaired) electrons. The third-order valence-electron chi connectivity index (χ3n) is 3.68. The summed E-state index contributed by atoms with van der Waals surface area (Å²) in [6.45, 7) is 0.363. The maximum absolute atomic E-state index is 11.3. The first kappa shape index (κ1) is 19.6. The van der Waals surface area contributed by atoms with E-state index in [4.69, 9.17) is 10.8 Å². The van der Waals surface area contributed by atoms with Crippen LogP contribution in [0.2, 0.25) is 0 Å². The van der Waals surface area contributed by atoms with Crippen molar-refractivity contribution in [1.29, 1.82) is 0 Å². The second-order valence-corrected chi connectivity index (χ2v) is 5.58. The zero-order chi connectivity index (χ0) is 15.1. The fourth-order valence-electron chi connectivity index (χ4n) is 2.30. The molecule has 0 aliphatic carbocycles. The molecule has 0 bridgehead atoms. The van der Waals surface area contributed by atoms with Crippen molar-refractivity contribution in [2.24, 2.45) is 5.73 Å². The van der Waals surface area contributed by atoms with Gasteiger partial charge in [-0.1, -0.05) is 57.8 Å². The Morgan fingerprint density at radius 1 is 0.800 bits per heavy atom. The zero-order valence-corrected chi connectivity index (χ0v) is 12.9. The van der Waals surface area contributed by atoms with Crippen molar-refractivity contribution in [3.05, 3.63) is 0 Å². The molecule has 0 fully saturated rings. The highest BCUT2D eigenvalue weighted by atomic mass is 16.3. The number of rotatable bonds is 15. The van der Waals surface area contributed by atoms with E-state index in [1.54, 1.807) is 0 Å². The molecule has 0 aromatic carbocycles. The van der Waals surface area contributed by atoms with Crippen LogP contribution in [0.5, 0.6) is 0 Å². The van der Waals surface area contributed by atoms with Crippen molar-refractivity contribution >= 4 is 5.78 Å². The van der Waals surface area contributed by atoms with Gasteiger partial charge in [-0.25, -0.2) is 0 Å². The van der Waals surface area contributed by atoms with E-state index in [1.807, 2.05) is 0 Å². The lowest BCUT2D eigenvalue weighted by Gasteiger charge is -2.06. The minimum Gasteiger partial charge on any atom is -0.396 e. The number of hydrogen-bond donors (Lipinski definition) is 3. The maximum atomic E-state index is 11.3. The molecule has 4 nitrogen and oxygen atoms in total. The number of nitrogens with two attached hydrogens (primary N) is 1. The summed E-state index contributed by atoms with van der Waals surface area (Å²) in [5.74, 6) is -0.115. The number of Topliss-reactive ketones (excluding diaryl/α,β-unsaturated/α-hetero) is 1. The molecule has 120 valence electrons. The van der Waals surface area contributed by atoms with E-state index in [1.165, 1.54) is 44.9 Å². The summed E-state index contributed by atoms with van der Waals surface area (Å²) >= 11 is 0. The van der Waals surface area contributed by atoms with Gasteiger partial charge in [0.05, 0.1) is 0 Å². The van der Waals surface area contributed by atoms with Crippen molar-refractivity contribution in [3.8, 4) is 0 Å². The van der Waals surface area contributed by atoms with Crippen LogP contribution in [0.15, 0.2) is 0 Å². The average Bonchev–Trinajstić information content (AvgIpc) is 2.47. The fraction of sp³-hybridized carbons (Fsp3) is 0.938. The molecule has 0 aromatic rings. The lowest BCUT2D eigenvalue weighted by Crippen LogP contribution is -2.28. The number of hydrogen-bond acceptors (Lipinski definition) is 4. The summed E-state index contributed by atoms with van der Waals surface area (Å²) in [4.78, 5) is 11.3. The highest BCUT2D eigenvalue weighted by Crippen LogP contribution is 2.12. The van der Waals surface area contributed by atoms with Gasteiger partial charge in [0.15, 0.2) is 5.78 Å². The number of unbranched alkanes of at least 4 members (excludes halogenated alkanes) is 10. The van der Waals surface area contributed by atoms with Crippen LogP contribution < -0.4 is 5.73 Å². The van der Waals surface area contributed by atoms with Crippen molar-refractivity contribution in [2.75, 3.05) is 13.2 Å². The van der Waals surface area contributed by atoms with E-state index in [0.29, 0.717) is 13.0 Å². The van der Waals surface area contributed by atoms with Gasteiger partial charge in [-0.15, -0.1) is 0 Å². The molecule has 0 aromatic heterocycles. The molecule has 20 heavy (non-hydrogen) atoms. The number of aliphatic hydroxyl groups is 2. The molecule has 0 aliphatic rings. The molecule has 0 saturated carbocycles. The van der Waals surface area contributed by atoms with Crippen LogP contribution in [-0.4, -0.2) is 35.3 Å². The van der Waals surface area contributed by atoms with Crippen LogP contribution in [0.1, 0.15) is 77.0 Å². The first-order chi connectivity index (χ1) is 9.72. The van der Waals surface area contributed by atoms with E-state index in [2.05, 4.69) is 0 Å². The molecule has 4 heteroatoms. The van der Waals surface area contributed by atoms with Gasteiger partial charge in [0.2, 0.25) is 0 Å². The van der Waals surface area contributed by atoms with Gasteiger partial charge in [-0.2, -0.15) is 0 Å². The maximum Gasteiger partial charge on any atom is 0.162 e. The predicted octanol–water partition coefficient (Wildman–Crippen LogP) is 2.55. The molecule has 4 N–H and O–H groups in total. The van der Waals surface area contributed by atoms with Crippen molar-refractivity contribution in [3.63, 3.8) is 0 Å². The normalized spacial score (nSPS) is 12.6. The van der Waals surface area contributed by atoms with Crippen molar-refractivity contribution in [1.82, 2.24) is 0 Å². The van der Waals surface area contributed by atoms with Gasteiger partial charge in [-0.05, 0) is 12.8 Å². The Labute approximate surface area is 123 Å². The summed E-state index contributed by atoms with van der Waals surface area (Å²) in [6.07, 6.45) is 12.4. The van der Waals surface area contributed by atoms with E-state index >= 15 is 0 Å². The van der Waals surface area contributed by atoms with Gasteiger partial charge in [-0.3, -0.25) is 4.79 Å². The van der Waals surface area contributed by atoms with Crippen LogP contribution in [0.25, 0.3) is 0 Å². The second-order valence-electron chi connectivity index (χ2n) is 5.58. The van der Waals surface area contributed by atoms with Gasteiger partial charge in [0, 0.05) is 19.6 Å². The molecular weight excluding hydrogens is 254 g/mol. The summed E-state index contributed by atoms with van der Waals surface area (Å²) in [7, 11) is 0. The Morgan fingerprint density at radius 2 is 1.20 bits per heavy atom. The number of aliphatic hydroxyl groups excluding tert-OH is 2. The van der Waals surface area contributed by atoms with Crippen LogP contribution in [0.4, 0.5) is 0 Å². The lowest BCUT2D eigenvalue weighted by molar-refractivity contribution is -0.126. The van der Waals surface area contributed by atoms with Crippen LogP contribution >= 0.6 is 0 Å². The first-order valence-electron chi connectivity index (χ1n) is 8.24. The lowest BCUT2D eigenvalue weighted by atomic mass is 10.0. The molecule has 1 unspecified atom stereocenters. The van der Waals surface area contributed by atoms with E-state index in [-0.39, 0.29) is 12.3 Å². The zero-order valence-electron chi connectivity index (χ0n) is 12.9. The minimum atomic E-state index is -0.958. The number of carbonyl (C=O) groups is 1. The van der Waals surface area contributed by atoms with Gasteiger partial charge in [0.1, 0.15) is 6.10 Å². The molecule has 0 saturated heterocycles. The topological polar surface area (TPSA) is 83.5 Å². The minimum absolute atomic E-state index is 0.0388.